The van der Waals surface area contributed by atoms with Crippen molar-refractivity contribution in [1.82, 2.24) is 20.2 Å². The summed E-state index contributed by atoms with van der Waals surface area (Å²) in [5, 5.41) is 4.24. The van der Waals surface area contributed by atoms with Crippen LogP contribution in [0, 0.1) is 0 Å². The van der Waals surface area contributed by atoms with E-state index < -0.39 is 0 Å². The minimum Gasteiger partial charge on any atom is -0.497 e. The van der Waals surface area contributed by atoms with Gasteiger partial charge in [-0.15, -0.1) is 0 Å². The summed E-state index contributed by atoms with van der Waals surface area (Å²) in [4.78, 5) is 4.33. The minimum atomic E-state index is 0.108. The van der Waals surface area contributed by atoms with E-state index >= 15 is 0 Å². The molecule has 0 saturated heterocycles. The first-order chi connectivity index (χ1) is 10.3. The van der Waals surface area contributed by atoms with Gasteiger partial charge >= 0.3 is 0 Å². The number of hydrogen-bond donors (Lipinski definition) is 2. The maximum absolute atomic E-state index is 5.69. The van der Waals surface area contributed by atoms with Gasteiger partial charge < -0.3 is 4.74 Å². The standard InChI is InChI=1S/C15H23N5O/c1-3-7-20-15(17-11-18-20)10-13(19-16)8-12-5-4-6-14(9-12)21-2/h4-6,9,11,13,19H,3,7-8,10,16H2,1-2H3. The SMILES string of the molecule is CCCn1ncnc1CC(Cc1cccc(OC)c1)NN. The van der Waals surface area contributed by atoms with E-state index in [0.29, 0.717) is 0 Å². The molecule has 1 aromatic carbocycles. The smallest absolute Gasteiger partial charge is 0.138 e. The normalized spacial score (nSPS) is 12.3. The van der Waals surface area contributed by atoms with Gasteiger partial charge in [0.15, 0.2) is 0 Å². The number of nitrogens with zero attached hydrogens (tertiary/aromatic N) is 3. The van der Waals surface area contributed by atoms with Gasteiger partial charge in [-0.05, 0) is 30.5 Å². The van der Waals surface area contributed by atoms with E-state index in [0.717, 1.165) is 37.4 Å². The molecule has 114 valence electrons. The van der Waals surface area contributed by atoms with Crippen molar-refractivity contribution in [3.8, 4) is 5.75 Å². The fourth-order valence-electron chi connectivity index (χ4n) is 2.34. The van der Waals surface area contributed by atoms with Crippen LogP contribution in [0.25, 0.3) is 0 Å². The van der Waals surface area contributed by atoms with Crippen LogP contribution in [0.5, 0.6) is 5.75 Å². The van der Waals surface area contributed by atoms with Crippen LogP contribution in [0.1, 0.15) is 24.7 Å². The van der Waals surface area contributed by atoms with Crippen LogP contribution in [-0.2, 0) is 19.4 Å². The van der Waals surface area contributed by atoms with Crippen LogP contribution >= 0.6 is 0 Å². The molecule has 0 saturated carbocycles. The van der Waals surface area contributed by atoms with Crippen molar-refractivity contribution in [2.45, 2.75) is 38.8 Å². The molecule has 1 heterocycles. The highest BCUT2D eigenvalue weighted by Crippen LogP contribution is 2.15. The summed E-state index contributed by atoms with van der Waals surface area (Å²) in [6.07, 6.45) is 4.19. The summed E-state index contributed by atoms with van der Waals surface area (Å²) in [6, 6.07) is 8.13. The van der Waals surface area contributed by atoms with Crippen LogP contribution in [0.15, 0.2) is 30.6 Å². The predicted molar refractivity (Wildman–Crippen MR) is 81.8 cm³/mol. The lowest BCUT2D eigenvalue weighted by molar-refractivity contribution is 0.413. The maximum Gasteiger partial charge on any atom is 0.138 e. The molecular formula is C15H23N5O. The Morgan fingerprint density at radius 1 is 1.38 bits per heavy atom. The Balaban J connectivity index is 2.03. The van der Waals surface area contributed by atoms with Crippen molar-refractivity contribution in [2.24, 2.45) is 5.84 Å². The van der Waals surface area contributed by atoms with E-state index in [1.54, 1.807) is 13.4 Å². The zero-order chi connectivity index (χ0) is 15.1. The molecule has 1 unspecified atom stereocenters. The van der Waals surface area contributed by atoms with E-state index in [-0.39, 0.29) is 6.04 Å². The first kappa shape index (κ1) is 15.5. The Bertz CT molecular complexity index is 555. The molecule has 0 aliphatic heterocycles. The van der Waals surface area contributed by atoms with Crippen molar-refractivity contribution in [2.75, 3.05) is 7.11 Å². The molecule has 0 fully saturated rings. The topological polar surface area (TPSA) is 78.0 Å². The Morgan fingerprint density at radius 2 is 2.24 bits per heavy atom. The molecule has 21 heavy (non-hydrogen) atoms. The Kier molecular flexibility index (Phi) is 5.71. The summed E-state index contributed by atoms with van der Waals surface area (Å²) in [6.45, 7) is 3.01. The number of hydrazine groups is 1. The van der Waals surface area contributed by atoms with Gasteiger partial charge in [0, 0.05) is 19.0 Å². The van der Waals surface area contributed by atoms with Gasteiger partial charge in [0.1, 0.15) is 17.9 Å². The van der Waals surface area contributed by atoms with Crippen LogP contribution in [0.2, 0.25) is 0 Å². The van der Waals surface area contributed by atoms with Crippen LogP contribution < -0.4 is 16.0 Å². The second-order valence-corrected chi connectivity index (χ2v) is 5.02. The third-order valence-electron chi connectivity index (χ3n) is 3.41. The number of benzene rings is 1. The number of aromatic nitrogens is 3. The summed E-state index contributed by atoms with van der Waals surface area (Å²) in [5.74, 6) is 7.51. The number of nitrogens with one attached hydrogen (secondary N) is 1. The van der Waals surface area contributed by atoms with Crippen LogP contribution in [0.3, 0.4) is 0 Å². The quantitative estimate of drug-likeness (QED) is 0.566. The second-order valence-electron chi connectivity index (χ2n) is 5.02. The van der Waals surface area contributed by atoms with Crippen molar-refractivity contribution in [3.63, 3.8) is 0 Å². The lowest BCUT2D eigenvalue weighted by atomic mass is 10.0. The third-order valence-corrected chi connectivity index (χ3v) is 3.41. The van der Waals surface area contributed by atoms with Gasteiger partial charge in [0.25, 0.3) is 0 Å². The predicted octanol–water partition coefficient (Wildman–Crippen LogP) is 1.31. The van der Waals surface area contributed by atoms with Gasteiger partial charge in [0.05, 0.1) is 7.11 Å². The Labute approximate surface area is 125 Å². The molecule has 1 atom stereocenters. The number of aryl methyl sites for hydroxylation is 1. The molecule has 0 spiro atoms. The van der Waals surface area contributed by atoms with Crippen LogP contribution in [-0.4, -0.2) is 27.9 Å². The number of nitrogens with two attached hydrogens (primary N) is 1. The molecule has 0 aliphatic rings. The van der Waals surface area contributed by atoms with E-state index in [9.17, 15) is 0 Å². The van der Waals surface area contributed by atoms with Crippen molar-refractivity contribution >= 4 is 0 Å². The van der Waals surface area contributed by atoms with Crippen LogP contribution in [0.4, 0.5) is 0 Å². The molecule has 2 aromatic rings. The molecule has 3 N–H and O–H groups in total. The number of methoxy groups -OCH3 is 1. The molecule has 0 amide bonds. The van der Waals surface area contributed by atoms with E-state index in [4.69, 9.17) is 10.6 Å². The molecule has 0 radical (unpaired) electrons. The highest BCUT2D eigenvalue weighted by atomic mass is 16.5. The molecule has 2 rings (SSSR count). The molecular weight excluding hydrogens is 266 g/mol. The van der Waals surface area contributed by atoms with Crippen molar-refractivity contribution < 1.29 is 4.74 Å². The Morgan fingerprint density at radius 3 is 2.95 bits per heavy atom. The number of hydrogen-bond acceptors (Lipinski definition) is 5. The average molecular weight is 289 g/mol. The lowest BCUT2D eigenvalue weighted by Crippen LogP contribution is -2.39. The average Bonchev–Trinajstić information content (AvgIpc) is 2.94. The molecule has 0 aliphatic carbocycles. The largest absolute Gasteiger partial charge is 0.497 e. The van der Waals surface area contributed by atoms with E-state index in [2.05, 4.69) is 28.5 Å². The zero-order valence-electron chi connectivity index (χ0n) is 12.6. The second kappa shape index (κ2) is 7.75. The molecule has 1 aromatic heterocycles. The Hall–Kier alpha value is -1.92. The highest BCUT2D eigenvalue weighted by Gasteiger charge is 2.13. The monoisotopic (exact) mass is 289 g/mol. The van der Waals surface area contributed by atoms with Gasteiger partial charge in [-0.3, -0.25) is 16.0 Å². The summed E-state index contributed by atoms with van der Waals surface area (Å²) in [7, 11) is 1.67. The van der Waals surface area contributed by atoms with Crippen molar-refractivity contribution in [1.29, 1.82) is 0 Å². The molecule has 0 bridgehead atoms. The fraction of sp³-hybridized carbons (Fsp3) is 0.467. The van der Waals surface area contributed by atoms with E-state index in [1.165, 1.54) is 5.56 Å². The van der Waals surface area contributed by atoms with Gasteiger partial charge in [-0.2, -0.15) is 5.10 Å². The third kappa shape index (κ3) is 4.27. The first-order valence-electron chi connectivity index (χ1n) is 7.22. The van der Waals surface area contributed by atoms with Gasteiger partial charge in [0.2, 0.25) is 0 Å². The number of rotatable bonds is 8. The molecule has 6 heteroatoms. The minimum absolute atomic E-state index is 0.108. The summed E-state index contributed by atoms with van der Waals surface area (Å²) >= 11 is 0. The van der Waals surface area contributed by atoms with Crippen molar-refractivity contribution in [3.05, 3.63) is 42.0 Å². The zero-order valence-corrected chi connectivity index (χ0v) is 12.6. The van der Waals surface area contributed by atoms with E-state index in [1.807, 2.05) is 22.9 Å². The summed E-state index contributed by atoms with van der Waals surface area (Å²) < 4.78 is 7.19. The van der Waals surface area contributed by atoms with Gasteiger partial charge in [-0.1, -0.05) is 19.1 Å². The maximum atomic E-state index is 5.69. The summed E-state index contributed by atoms with van der Waals surface area (Å²) in [5.41, 5.74) is 4.05. The highest BCUT2D eigenvalue weighted by molar-refractivity contribution is 5.29. The number of ether oxygens (including phenoxy) is 1. The van der Waals surface area contributed by atoms with Gasteiger partial charge in [-0.25, -0.2) is 4.98 Å². The fourth-order valence-corrected chi connectivity index (χ4v) is 2.34. The lowest BCUT2D eigenvalue weighted by Gasteiger charge is -2.16. The molecule has 6 nitrogen and oxygen atoms in total. The first-order valence-corrected chi connectivity index (χ1v) is 7.22.